The summed E-state index contributed by atoms with van der Waals surface area (Å²) in [6.07, 6.45) is 3.67. The molecule has 27 heavy (non-hydrogen) atoms. The van der Waals surface area contributed by atoms with E-state index in [2.05, 4.69) is 15.2 Å². The van der Waals surface area contributed by atoms with Crippen LogP contribution in [0.3, 0.4) is 0 Å². The van der Waals surface area contributed by atoms with Gasteiger partial charge in [-0.3, -0.25) is 14.5 Å². The molecule has 8 nitrogen and oxygen atoms in total. The van der Waals surface area contributed by atoms with Crippen molar-refractivity contribution in [2.45, 2.75) is 18.9 Å². The summed E-state index contributed by atoms with van der Waals surface area (Å²) in [4.78, 5) is 35.1. The van der Waals surface area contributed by atoms with Gasteiger partial charge in [-0.15, -0.1) is 0 Å². The number of carbonyl (C=O) groups excluding carboxylic acids is 2. The number of hydrogen-bond acceptors (Lipinski definition) is 6. The Hall–Kier alpha value is -2.19. The van der Waals surface area contributed by atoms with Gasteiger partial charge in [0.25, 0.3) is 5.91 Å². The van der Waals surface area contributed by atoms with Gasteiger partial charge < -0.3 is 19.9 Å². The van der Waals surface area contributed by atoms with Crippen molar-refractivity contribution in [1.82, 2.24) is 20.1 Å². The van der Waals surface area contributed by atoms with Crippen LogP contribution in [-0.2, 0) is 9.53 Å². The summed E-state index contributed by atoms with van der Waals surface area (Å²) in [7, 11) is 0. The van der Waals surface area contributed by atoms with E-state index >= 15 is 0 Å². The van der Waals surface area contributed by atoms with Gasteiger partial charge in [-0.05, 0) is 25.0 Å². The molecular weight excluding hydrogens is 346 g/mol. The Morgan fingerprint density at radius 1 is 1.11 bits per heavy atom. The molecule has 0 spiro atoms. The first-order valence-corrected chi connectivity index (χ1v) is 9.79. The minimum atomic E-state index is 0.00587. The second kappa shape index (κ2) is 8.22. The number of pyridine rings is 1. The quantitative estimate of drug-likeness (QED) is 0.801. The van der Waals surface area contributed by atoms with Crippen LogP contribution in [0.4, 0.5) is 5.82 Å². The maximum absolute atomic E-state index is 12.8. The first-order valence-electron chi connectivity index (χ1n) is 9.79. The van der Waals surface area contributed by atoms with Crippen molar-refractivity contribution in [2.24, 2.45) is 0 Å². The lowest BCUT2D eigenvalue weighted by molar-refractivity contribution is -0.120. The number of amides is 2. The number of morpholine rings is 1. The average molecular weight is 373 g/mol. The molecule has 0 atom stereocenters. The Morgan fingerprint density at radius 2 is 1.89 bits per heavy atom. The molecule has 0 saturated carbocycles. The van der Waals surface area contributed by atoms with Crippen LogP contribution in [0.25, 0.3) is 0 Å². The van der Waals surface area contributed by atoms with Crippen molar-refractivity contribution in [1.29, 1.82) is 0 Å². The summed E-state index contributed by atoms with van der Waals surface area (Å²) in [6.45, 7) is 6.88. The van der Waals surface area contributed by atoms with Crippen molar-refractivity contribution in [3.8, 4) is 0 Å². The fourth-order valence-corrected chi connectivity index (χ4v) is 4.09. The molecule has 8 heteroatoms. The summed E-state index contributed by atoms with van der Waals surface area (Å²) in [5.74, 6) is 0.796. The van der Waals surface area contributed by atoms with E-state index in [1.807, 2.05) is 21.9 Å². The van der Waals surface area contributed by atoms with Crippen LogP contribution < -0.4 is 10.2 Å². The predicted octanol–water partition coefficient (Wildman–Crippen LogP) is -0.0454. The van der Waals surface area contributed by atoms with Gasteiger partial charge in [0.2, 0.25) is 5.91 Å². The summed E-state index contributed by atoms with van der Waals surface area (Å²) in [6, 6.07) is 4.22. The van der Waals surface area contributed by atoms with Crippen LogP contribution in [0.15, 0.2) is 18.3 Å². The number of carbonyl (C=O) groups is 2. The molecule has 2 amide bonds. The number of aromatic nitrogens is 1. The molecule has 1 aromatic heterocycles. The number of hydrogen-bond donors (Lipinski definition) is 1. The van der Waals surface area contributed by atoms with E-state index in [9.17, 15) is 9.59 Å². The monoisotopic (exact) mass is 373 g/mol. The first kappa shape index (κ1) is 18.2. The average Bonchev–Trinajstić information content (AvgIpc) is 2.74. The molecule has 3 aliphatic heterocycles. The first-order chi connectivity index (χ1) is 13.2. The number of likely N-dealkylation sites (tertiary alicyclic amines) is 1. The van der Waals surface area contributed by atoms with Gasteiger partial charge in [0.1, 0.15) is 5.82 Å². The van der Waals surface area contributed by atoms with Crippen molar-refractivity contribution < 1.29 is 14.3 Å². The van der Waals surface area contributed by atoms with Gasteiger partial charge in [0, 0.05) is 51.5 Å². The van der Waals surface area contributed by atoms with Crippen LogP contribution in [-0.4, -0.2) is 91.7 Å². The van der Waals surface area contributed by atoms with Gasteiger partial charge in [-0.1, -0.05) is 0 Å². The molecule has 0 aromatic carbocycles. The topological polar surface area (TPSA) is 78.0 Å². The Labute approximate surface area is 159 Å². The Balaban J connectivity index is 1.32. The van der Waals surface area contributed by atoms with Gasteiger partial charge >= 0.3 is 0 Å². The number of rotatable bonds is 3. The fourth-order valence-electron chi connectivity index (χ4n) is 4.09. The molecule has 3 fully saturated rings. The predicted molar refractivity (Wildman–Crippen MR) is 101 cm³/mol. The number of anilines is 1. The van der Waals surface area contributed by atoms with Crippen molar-refractivity contribution in [2.75, 3.05) is 63.9 Å². The second-order valence-corrected chi connectivity index (χ2v) is 7.35. The third-order valence-corrected chi connectivity index (χ3v) is 5.67. The fraction of sp³-hybridized carbons (Fsp3) is 0.632. The number of nitrogens with one attached hydrogen (secondary N) is 1. The highest BCUT2D eigenvalue weighted by Gasteiger charge is 2.28. The maximum Gasteiger partial charge on any atom is 0.255 e. The van der Waals surface area contributed by atoms with E-state index in [1.54, 1.807) is 6.20 Å². The zero-order chi connectivity index (χ0) is 18.6. The molecule has 0 radical (unpaired) electrons. The minimum absolute atomic E-state index is 0.00587. The molecule has 0 aliphatic carbocycles. The lowest BCUT2D eigenvalue weighted by Crippen LogP contribution is -2.50. The van der Waals surface area contributed by atoms with E-state index in [0.717, 1.165) is 64.6 Å². The SMILES string of the molecule is O=C1CN(c2ccc(C(=O)N3CCC(N4CCOCC4)CC3)cn2)CCN1. The van der Waals surface area contributed by atoms with E-state index < -0.39 is 0 Å². The summed E-state index contributed by atoms with van der Waals surface area (Å²) in [5, 5.41) is 2.80. The molecule has 4 heterocycles. The van der Waals surface area contributed by atoms with Gasteiger partial charge in [0.05, 0.1) is 25.3 Å². The van der Waals surface area contributed by atoms with Gasteiger partial charge in [0.15, 0.2) is 0 Å². The largest absolute Gasteiger partial charge is 0.379 e. The van der Waals surface area contributed by atoms with Crippen molar-refractivity contribution in [3.63, 3.8) is 0 Å². The highest BCUT2D eigenvalue weighted by molar-refractivity contribution is 5.94. The lowest BCUT2D eigenvalue weighted by atomic mass is 10.0. The molecule has 0 unspecified atom stereocenters. The zero-order valence-electron chi connectivity index (χ0n) is 15.6. The Bertz CT molecular complexity index is 666. The number of piperazine rings is 1. The summed E-state index contributed by atoms with van der Waals surface area (Å²) < 4.78 is 5.43. The Morgan fingerprint density at radius 3 is 2.56 bits per heavy atom. The molecule has 0 bridgehead atoms. The number of ether oxygens (including phenoxy) is 1. The van der Waals surface area contributed by atoms with Crippen LogP contribution in [0.2, 0.25) is 0 Å². The molecular formula is C19H27N5O3. The van der Waals surface area contributed by atoms with E-state index in [-0.39, 0.29) is 11.8 Å². The van der Waals surface area contributed by atoms with Crippen molar-refractivity contribution in [3.05, 3.63) is 23.9 Å². The normalized spacial score (nSPS) is 22.6. The molecule has 4 rings (SSSR count). The summed E-state index contributed by atoms with van der Waals surface area (Å²) >= 11 is 0. The van der Waals surface area contributed by atoms with E-state index in [0.29, 0.717) is 24.7 Å². The second-order valence-electron chi connectivity index (χ2n) is 7.35. The van der Waals surface area contributed by atoms with Gasteiger partial charge in [-0.2, -0.15) is 0 Å². The number of nitrogens with zero attached hydrogens (tertiary/aromatic N) is 4. The summed E-state index contributed by atoms with van der Waals surface area (Å²) in [5.41, 5.74) is 0.616. The molecule has 1 N–H and O–H groups in total. The van der Waals surface area contributed by atoms with Crippen molar-refractivity contribution >= 4 is 17.6 Å². The molecule has 3 aliphatic rings. The van der Waals surface area contributed by atoms with Gasteiger partial charge in [-0.25, -0.2) is 4.98 Å². The third-order valence-electron chi connectivity index (χ3n) is 5.67. The van der Waals surface area contributed by atoms with Crippen LogP contribution in [0, 0.1) is 0 Å². The highest BCUT2D eigenvalue weighted by atomic mass is 16.5. The van der Waals surface area contributed by atoms with E-state index in [1.165, 1.54) is 0 Å². The maximum atomic E-state index is 12.8. The zero-order valence-corrected chi connectivity index (χ0v) is 15.6. The molecule has 1 aromatic rings. The lowest BCUT2D eigenvalue weighted by Gasteiger charge is -2.40. The number of piperidine rings is 1. The smallest absolute Gasteiger partial charge is 0.255 e. The van der Waals surface area contributed by atoms with E-state index in [4.69, 9.17) is 4.74 Å². The molecule has 146 valence electrons. The highest BCUT2D eigenvalue weighted by Crippen LogP contribution is 2.20. The van der Waals surface area contributed by atoms with Crippen LogP contribution in [0.1, 0.15) is 23.2 Å². The van der Waals surface area contributed by atoms with Crippen LogP contribution in [0.5, 0.6) is 0 Å². The minimum Gasteiger partial charge on any atom is -0.379 e. The molecule has 3 saturated heterocycles. The Kier molecular flexibility index (Phi) is 5.54. The van der Waals surface area contributed by atoms with Crippen LogP contribution >= 0.6 is 0 Å². The third kappa shape index (κ3) is 4.22. The standard InChI is InChI=1S/C19H27N5O3/c25-18-14-24(8-5-20-18)17-2-1-15(13-21-17)19(26)23-6-3-16(4-7-23)22-9-11-27-12-10-22/h1-2,13,16H,3-12,14H2,(H,20,25).